The number of nitrogens with zero attached hydrogens (tertiary/aromatic N) is 4. The smallest absolute Gasteiger partial charge is 0.238 e. The van der Waals surface area contributed by atoms with Gasteiger partial charge in [0.05, 0.1) is 11.2 Å². The van der Waals surface area contributed by atoms with E-state index < -0.39 is 0 Å². The van der Waals surface area contributed by atoms with Gasteiger partial charge < -0.3 is 4.42 Å². The van der Waals surface area contributed by atoms with Gasteiger partial charge in [0.2, 0.25) is 5.95 Å². The van der Waals surface area contributed by atoms with Crippen LogP contribution in [0, 0.1) is 0 Å². The number of furan rings is 1. The molecule has 0 radical (unpaired) electrons. The lowest BCUT2D eigenvalue weighted by Gasteiger charge is -2.16. The molecule has 0 N–H and O–H groups in total. The zero-order valence-electron chi connectivity index (χ0n) is 35.2. The van der Waals surface area contributed by atoms with E-state index in [-0.39, 0.29) is 0 Å². The van der Waals surface area contributed by atoms with E-state index in [2.05, 4.69) is 211 Å². The zero-order chi connectivity index (χ0) is 42.8. The largest absolute Gasteiger partial charge is 0.456 e. The van der Waals surface area contributed by atoms with Gasteiger partial charge in [-0.2, -0.15) is 9.97 Å². The molecule has 0 spiro atoms. The third-order valence-electron chi connectivity index (χ3n) is 12.9. The van der Waals surface area contributed by atoms with Gasteiger partial charge in [0.25, 0.3) is 0 Å². The molecule has 0 saturated carbocycles. The van der Waals surface area contributed by atoms with Gasteiger partial charge >= 0.3 is 0 Å². The van der Waals surface area contributed by atoms with Crippen molar-refractivity contribution in [3.05, 3.63) is 229 Å². The zero-order valence-corrected chi connectivity index (χ0v) is 35.2. The van der Waals surface area contributed by atoms with E-state index in [1.807, 2.05) is 12.1 Å². The molecule has 304 valence electrons. The molecular weight excluding hydrogens is 793 g/mol. The maximum Gasteiger partial charge on any atom is 0.238 e. The monoisotopic (exact) mass is 830 g/mol. The predicted molar refractivity (Wildman–Crippen MR) is 268 cm³/mol. The molecule has 0 amide bonds. The summed E-state index contributed by atoms with van der Waals surface area (Å²) in [6.07, 6.45) is 7.61. The highest BCUT2D eigenvalue weighted by Gasteiger charge is 2.27. The first-order valence-corrected chi connectivity index (χ1v) is 22.1. The van der Waals surface area contributed by atoms with Gasteiger partial charge in [-0.3, -0.25) is 4.57 Å². The Morgan fingerprint density at radius 1 is 0.415 bits per heavy atom. The molecule has 1 aliphatic rings. The van der Waals surface area contributed by atoms with Crippen molar-refractivity contribution >= 4 is 66.0 Å². The fourth-order valence-corrected chi connectivity index (χ4v) is 9.75. The summed E-state index contributed by atoms with van der Waals surface area (Å²) in [7, 11) is 0. The summed E-state index contributed by atoms with van der Waals surface area (Å²) in [5, 5.41) is 8.01. The van der Waals surface area contributed by atoms with E-state index in [4.69, 9.17) is 19.4 Å². The molecule has 0 atom stereocenters. The minimum atomic E-state index is 0.546. The molecule has 0 unspecified atom stereocenters. The van der Waals surface area contributed by atoms with E-state index in [9.17, 15) is 0 Å². The lowest BCUT2D eigenvalue weighted by molar-refractivity contribution is 0.669. The molecule has 5 heteroatoms. The van der Waals surface area contributed by atoms with Crippen LogP contribution in [-0.4, -0.2) is 19.5 Å². The molecule has 9 aromatic carbocycles. The van der Waals surface area contributed by atoms with Crippen LogP contribution >= 0.6 is 0 Å². The second-order valence-corrected chi connectivity index (χ2v) is 16.7. The Kier molecular flexibility index (Phi) is 8.53. The summed E-state index contributed by atoms with van der Waals surface area (Å²) >= 11 is 0. The van der Waals surface area contributed by atoms with Crippen molar-refractivity contribution < 1.29 is 4.42 Å². The van der Waals surface area contributed by atoms with Crippen LogP contribution in [0.15, 0.2) is 217 Å². The Labute approximate surface area is 374 Å². The topological polar surface area (TPSA) is 56.7 Å². The Morgan fingerprint density at radius 3 is 1.63 bits per heavy atom. The number of aromatic nitrogens is 4. The summed E-state index contributed by atoms with van der Waals surface area (Å²) in [6, 6.07) is 70.5. The second kappa shape index (κ2) is 15.0. The van der Waals surface area contributed by atoms with Gasteiger partial charge in [-0.25, -0.2) is 4.98 Å². The van der Waals surface area contributed by atoms with Crippen molar-refractivity contribution in [3.63, 3.8) is 0 Å². The summed E-state index contributed by atoms with van der Waals surface area (Å²) in [6.45, 7) is 0. The van der Waals surface area contributed by atoms with Gasteiger partial charge in [-0.1, -0.05) is 200 Å². The van der Waals surface area contributed by atoms with Crippen LogP contribution < -0.4 is 0 Å². The van der Waals surface area contributed by atoms with Gasteiger partial charge in [-0.15, -0.1) is 0 Å². The van der Waals surface area contributed by atoms with E-state index in [1.165, 1.54) is 10.8 Å². The molecule has 3 heterocycles. The quantitative estimate of drug-likeness (QED) is 0.167. The van der Waals surface area contributed by atoms with Gasteiger partial charge in [0, 0.05) is 43.8 Å². The minimum absolute atomic E-state index is 0.546. The first-order valence-electron chi connectivity index (χ1n) is 22.1. The number of hydrogen-bond acceptors (Lipinski definition) is 4. The molecule has 0 fully saturated rings. The van der Waals surface area contributed by atoms with E-state index in [0.29, 0.717) is 17.6 Å². The molecule has 3 aromatic heterocycles. The van der Waals surface area contributed by atoms with E-state index >= 15 is 0 Å². The third kappa shape index (κ3) is 6.20. The number of rotatable bonds is 6. The first kappa shape index (κ1) is 36.9. The molecule has 0 saturated heterocycles. The summed E-state index contributed by atoms with van der Waals surface area (Å²) < 4.78 is 8.95. The summed E-state index contributed by atoms with van der Waals surface area (Å²) in [5.74, 6) is 1.74. The lowest BCUT2D eigenvalue weighted by Crippen LogP contribution is -2.10. The fourth-order valence-electron chi connectivity index (χ4n) is 9.75. The molecule has 12 aromatic rings. The van der Waals surface area contributed by atoms with Crippen molar-refractivity contribution in [3.8, 4) is 51.0 Å². The van der Waals surface area contributed by atoms with Crippen LogP contribution in [0.2, 0.25) is 0 Å². The standard InChI is InChI=1S/C60H38N4O/c1-3-13-38(14-4-1)40-23-27-44(28-24-40)58-61-59(45-29-25-41(26-30-45)39-15-5-2-6-16-39)63-60(62-58)64-56-48-20-10-8-18-43(48)31-34-51(56)50-22-12-11-21-49(57(50)64)46-32-35-52-54(37-46)65-53-36-33-42-17-7-9-19-47(42)55(52)53/h1-10,12-37H,11H2. The van der Waals surface area contributed by atoms with Crippen molar-refractivity contribution in [1.82, 2.24) is 19.5 Å². The molecule has 5 nitrogen and oxygen atoms in total. The predicted octanol–water partition coefficient (Wildman–Crippen LogP) is 15.5. The summed E-state index contributed by atoms with van der Waals surface area (Å²) in [4.78, 5) is 16.1. The highest BCUT2D eigenvalue weighted by atomic mass is 16.3. The molecule has 0 aliphatic heterocycles. The third-order valence-corrected chi connectivity index (χ3v) is 12.9. The van der Waals surface area contributed by atoms with E-state index in [1.54, 1.807) is 0 Å². The van der Waals surface area contributed by atoms with Crippen molar-refractivity contribution in [2.24, 2.45) is 0 Å². The van der Waals surface area contributed by atoms with E-state index in [0.717, 1.165) is 106 Å². The molecule has 65 heavy (non-hydrogen) atoms. The second-order valence-electron chi connectivity index (χ2n) is 16.7. The maximum atomic E-state index is 6.66. The molecular formula is C60H38N4O. The van der Waals surface area contributed by atoms with Gasteiger partial charge in [0.1, 0.15) is 11.2 Å². The van der Waals surface area contributed by atoms with Gasteiger partial charge in [0.15, 0.2) is 11.6 Å². The highest BCUT2D eigenvalue weighted by molar-refractivity contribution is 6.19. The first-order chi connectivity index (χ1) is 32.2. The van der Waals surface area contributed by atoms with Crippen LogP contribution in [0.5, 0.6) is 0 Å². The normalized spacial score (nSPS) is 12.6. The SMILES string of the molecule is C1=Cc2c(n(-c3nc(-c4ccc(-c5ccccc5)cc4)nc(-c4ccc(-c5ccccc5)cc4)n3)c3c2ccc2ccccc23)C(c2ccc3c(c2)oc2ccc4ccccc4c23)=CC1. The number of hydrogen-bond donors (Lipinski definition) is 0. The van der Waals surface area contributed by atoms with Crippen LogP contribution in [0.1, 0.15) is 23.2 Å². The van der Waals surface area contributed by atoms with Gasteiger partial charge in [-0.05, 0) is 68.6 Å². The fraction of sp³-hybridized carbons (Fsp3) is 0.0167. The molecule has 0 bridgehead atoms. The average Bonchev–Trinajstić information content (AvgIpc) is 3.84. The number of fused-ring (bicyclic) bond motifs is 10. The van der Waals surface area contributed by atoms with Crippen LogP contribution in [0.25, 0.3) is 117 Å². The minimum Gasteiger partial charge on any atom is -0.456 e. The Bertz CT molecular complexity index is 3780. The molecule has 1 aliphatic carbocycles. The van der Waals surface area contributed by atoms with Crippen molar-refractivity contribution in [2.45, 2.75) is 6.42 Å². The number of allylic oxidation sites excluding steroid dienone is 2. The van der Waals surface area contributed by atoms with Crippen LogP contribution in [-0.2, 0) is 0 Å². The van der Waals surface area contributed by atoms with Crippen molar-refractivity contribution in [1.29, 1.82) is 0 Å². The Hall–Kier alpha value is -8.67. The highest BCUT2D eigenvalue weighted by Crippen LogP contribution is 2.43. The number of benzene rings is 9. The van der Waals surface area contributed by atoms with Crippen LogP contribution in [0.4, 0.5) is 0 Å². The van der Waals surface area contributed by atoms with Crippen LogP contribution in [0.3, 0.4) is 0 Å². The Balaban J connectivity index is 1.05. The average molecular weight is 831 g/mol. The maximum absolute atomic E-state index is 6.66. The Morgan fingerprint density at radius 2 is 0.954 bits per heavy atom. The summed E-state index contributed by atoms with van der Waals surface area (Å²) in [5.41, 5.74) is 13.4. The lowest BCUT2D eigenvalue weighted by atomic mass is 9.97. The van der Waals surface area contributed by atoms with Crippen molar-refractivity contribution in [2.75, 3.05) is 0 Å². The molecule has 13 rings (SSSR count).